The molecule has 0 bridgehead atoms. The smallest absolute Gasteiger partial charge is 0.462 e. The molecule has 0 aliphatic rings. The van der Waals surface area contributed by atoms with Gasteiger partial charge in [-0.25, -0.2) is 9.13 Å². The number of esters is 4. The highest BCUT2D eigenvalue weighted by atomic mass is 31.2. The number of hydrogen-bond acceptors (Lipinski definition) is 15. The number of aliphatic hydroxyl groups is 1. The van der Waals surface area contributed by atoms with Gasteiger partial charge in [-0.05, 0) is 135 Å². The fourth-order valence-corrected chi connectivity index (χ4v) is 10.8. The minimum Gasteiger partial charge on any atom is -0.462 e. The van der Waals surface area contributed by atoms with Crippen molar-refractivity contribution in [2.24, 2.45) is 0 Å². The van der Waals surface area contributed by atoms with Crippen molar-refractivity contribution >= 4 is 39.5 Å². The van der Waals surface area contributed by atoms with Crippen LogP contribution >= 0.6 is 15.6 Å². The Kier molecular flexibility index (Phi) is 66.7. The second-order valence-corrected chi connectivity index (χ2v) is 27.0. The van der Waals surface area contributed by atoms with E-state index in [1.54, 1.807) is 6.08 Å². The Morgan fingerprint density at radius 3 is 0.980 bits per heavy atom. The first-order valence-electron chi connectivity index (χ1n) is 37.1. The number of rotatable bonds is 68. The molecule has 0 heterocycles. The lowest BCUT2D eigenvalue weighted by atomic mass is 10.1. The topological polar surface area (TPSA) is 237 Å². The fraction of sp³-hybridized carbons (Fsp3) is 0.646. The zero-order chi connectivity index (χ0) is 71.8. The van der Waals surface area contributed by atoms with Crippen LogP contribution in [0.25, 0.3) is 0 Å². The fourth-order valence-electron chi connectivity index (χ4n) is 9.19. The van der Waals surface area contributed by atoms with Crippen molar-refractivity contribution in [1.82, 2.24) is 0 Å². The minimum atomic E-state index is -5.00. The molecule has 558 valence electrons. The van der Waals surface area contributed by atoms with Gasteiger partial charge < -0.3 is 33.8 Å². The van der Waals surface area contributed by atoms with Gasteiger partial charge in [-0.3, -0.25) is 37.3 Å². The van der Waals surface area contributed by atoms with Gasteiger partial charge in [0, 0.05) is 19.3 Å². The minimum absolute atomic E-state index is 0.0597. The van der Waals surface area contributed by atoms with E-state index in [-0.39, 0.29) is 25.7 Å². The molecule has 0 saturated carbocycles. The van der Waals surface area contributed by atoms with Crippen molar-refractivity contribution < 1.29 is 80.2 Å². The second-order valence-electron chi connectivity index (χ2n) is 24.1. The predicted molar refractivity (Wildman–Crippen MR) is 399 cm³/mol. The molecule has 0 saturated heterocycles. The van der Waals surface area contributed by atoms with Crippen molar-refractivity contribution in [2.45, 2.75) is 290 Å². The van der Waals surface area contributed by atoms with Gasteiger partial charge in [0.2, 0.25) is 0 Å². The van der Waals surface area contributed by atoms with Crippen molar-refractivity contribution in [3.8, 4) is 0 Å². The standard InChI is InChI=1S/C79H130O17P2/c1-5-9-13-17-21-25-29-32-35-36-39-41-45-48-52-56-60-64-77(82)90-70-75(96-79(84)66-62-58-54-50-46-42-38-34-31-27-23-19-15-11-7-3)72-94-98(87,88)92-68-73(80)67-91-97(85,86)93-71-74(95-78(83)65-61-57-53-49-43-28-24-20-16-12-8-4)69-89-76(81)63-59-55-51-47-44-40-37-33-30-26-22-18-14-10-6-2/h9-10,13-14,20-22,24-26,32-35,37-39,41,44,47-48,52,55,59,73-75,80H,5-8,11-12,15-19,23,27-31,36,40,42-43,45-46,49-51,53-54,56-58,60-72H2,1-4H3,(H,85,86)(H,87,88)/b13-9-,14-10-,24-20-,25-21-,26-22-,35-32-,37-33-,38-34-,41-39-,47-44-,52-48-,59-55-. The molecule has 0 aromatic rings. The summed E-state index contributed by atoms with van der Waals surface area (Å²) in [6.07, 6.45) is 78.9. The van der Waals surface area contributed by atoms with Gasteiger partial charge >= 0.3 is 39.5 Å². The molecule has 5 atom stereocenters. The summed E-state index contributed by atoms with van der Waals surface area (Å²) >= 11 is 0. The first-order chi connectivity index (χ1) is 47.7. The molecular weight excluding hydrogens is 1280 g/mol. The second kappa shape index (κ2) is 70.4. The van der Waals surface area contributed by atoms with E-state index in [1.165, 1.54) is 44.9 Å². The molecule has 0 aromatic carbocycles. The number of unbranched alkanes of at least 4 members (excludes halogenated alkanes) is 19. The van der Waals surface area contributed by atoms with E-state index in [9.17, 15) is 43.2 Å². The molecule has 0 spiro atoms. The van der Waals surface area contributed by atoms with Crippen molar-refractivity contribution in [2.75, 3.05) is 39.6 Å². The zero-order valence-electron chi connectivity index (χ0n) is 60.7. The molecular formula is C79H130O17P2. The van der Waals surface area contributed by atoms with Crippen LogP contribution in [0.2, 0.25) is 0 Å². The maximum absolute atomic E-state index is 13.1. The average molecular weight is 1410 g/mol. The maximum Gasteiger partial charge on any atom is 0.472 e. The molecule has 0 aliphatic heterocycles. The van der Waals surface area contributed by atoms with Gasteiger partial charge in [-0.2, -0.15) is 0 Å². The summed E-state index contributed by atoms with van der Waals surface area (Å²) in [4.78, 5) is 72.6. The van der Waals surface area contributed by atoms with Gasteiger partial charge in [0.15, 0.2) is 12.2 Å². The highest BCUT2D eigenvalue weighted by Gasteiger charge is 2.30. The number of phosphoric acid groups is 2. The Morgan fingerprint density at radius 2 is 0.592 bits per heavy atom. The molecule has 0 amide bonds. The first kappa shape index (κ1) is 92.9. The van der Waals surface area contributed by atoms with Crippen molar-refractivity contribution in [3.63, 3.8) is 0 Å². The van der Waals surface area contributed by atoms with E-state index in [2.05, 4.69) is 137 Å². The number of carbonyl (C=O) groups excluding carboxylic acids is 4. The Balaban J connectivity index is 5.46. The van der Waals surface area contributed by atoms with Crippen LogP contribution in [0.15, 0.2) is 146 Å². The number of carbonyl (C=O) groups is 4. The summed E-state index contributed by atoms with van der Waals surface area (Å²) in [6.45, 7) is 4.37. The molecule has 19 heteroatoms. The van der Waals surface area contributed by atoms with E-state index in [1.807, 2.05) is 30.4 Å². The Hall–Kier alpha value is -5.06. The number of hydrogen-bond donors (Lipinski definition) is 3. The normalized spacial score (nSPS) is 14.8. The number of phosphoric ester groups is 2. The third-order valence-corrected chi connectivity index (χ3v) is 16.7. The lowest BCUT2D eigenvalue weighted by molar-refractivity contribution is -0.161. The van der Waals surface area contributed by atoms with E-state index in [0.29, 0.717) is 32.1 Å². The SMILES string of the molecule is CC/C=C\C/C=C\C/C=C\C/C=C\C/C=C\CCCC(=O)OCC(COP(=O)(O)OCC(O)COP(=O)(O)OCC(COC(=O)C/C=C\C/C=C\C/C=C\C/C=C\C/C=C\CC)OC(=O)CCCCCCC/C=C\CCCC)OC(=O)CCCCCCC/C=C\CCCCCCCC. The third kappa shape index (κ3) is 69.4. The highest BCUT2D eigenvalue weighted by Crippen LogP contribution is 2.45. The number of aliphatic hydroxyl groups excluding tert-OH is 1. The lowest BCUT2D eigenvalue weighted by Gasteiger charge is -2.21. The summed E-state index contributed by atoms with van der Waals surface area (Å²) in [5.74, 6) is -2.42. The Morgan fingerprint density at radius 1 is 0.306 bits per heavy atom. The Bertz CT molecular complexity index is 2430. The van der Waals surface area contributed by atoms with Gasteiger partial charge in [0.25, 0.3) is 0 Å². The van der Waals surface area contributed by atoms with Crippen LogP contribution in [0, 0.1) is 0 Å². The van der Waals surface area contributed by atoms with E-state index in [4.69, 9.17) is 37.0 Å². The van der Waals surface area contributed by atoms with Crippen LogP contribution < -0.4 is 0 Å². The predicted octanol–water partition coefficient (Wildman–Crippen LogP) is 21.1. The van der Waals surface area contributed by atoms with E-state index >= 15 is 0 Å². The monoisotopic (exact) mass is 1410 g/mol. The summed E-state index contributed by atoms with van der Waals surface area (Å²) < 4.78 is 68.2. The molecule has 0 aromatic heterocycles. The molecule has 0 rings (SSSR count). The van der Waals surface area contributed by atoms with Crippen molar-refractivity contribution in [3.05, 3.63) is 146 Å². The largest absolute Gasteiger partial charge is 0.472 e. The summed E-state index contributed by atoms with van der Waals surface area (Å²) in [7, 11) is -10.00. The molecule has 98 heavy (non-hydrogen) atoms. The van der Waals surface area contributed by atoms with Gasteiger partial charge in [0.1, 0.15) is 19.3 Å². The van der Waals surface area contributed by atoms with Crippen LogP contribution in [-0.2, 0) is 65.4 Å². The molecule has 17 nitrogen and oxygen atoms in total. The summed E-state index contributed by atoms with van der Waals surface area (Å²) in [5, 5.41) is 10.6. The molecule has 5 unspecified atom stereocenters. The summed E-state index contributed by atoms with van der Waals surface area (Å²) in [5.41, 5.74) is 0. The van der Waals surface area contributed by atoms with Crippen LogP contribution in [0.1, 0.15) is 272 Å². The number of allylic oxidation sites excluding steroid dienone is 23. The van der Waals surface area contributed by atoms with Crippen LogP contribution in [-0.4, -0.2) is 96.7 Å². The quantitative estimate of drug-likeness (QED) is 0.0169. The third-order valence-electron chi connectivity index (χ3n) is 14.8. The average Bonchev–Trinajstić information content (AvgIpc) is 0.986. The van der Waals surface area contributed by atoms with Gasteiger partial charge in [-0.15, -0.1) is 0 Å². The van der Waals surface area contributed by atoms with Crippen LogP contribution in [0.5, 0.6) is 0 Å². The highest BCUT2D eigenvalue weighted by molar-refractivity contribution is 7.47. The first-order valence-corrected chi connectivity index (χ1v) is 40.1. The van der Waals surface area contributed by atoms with E-state index in [0.717, 1.165) is 141 Å². The van der Waals surface area contributed by atoms with Gasteiger partial charge in [-0.1, -0.05) is 257 Å². The lowest BCUT2D eigenvalue weighted by Crippen LogP contribution is -2.30. The van der Waals surface area contributed by atoms with Crippen LogP contribution in [0.3, 0.4) is 0 Å². The molecule has 3 N–H and O–H groups in total. The van der Waals surface area contributed by atoms with Gasteiger partial charge in [0.05, 0.1) is 32.8 Å². The molecule has 0 radical (unpaired) electrons. The zero-order valence-corrected chi connectivity index (χ0v) is 62.4. The van der Waals surface area contributed by atoms with Crippen molar-refractivity contribution in [1.29, 1.82) is 0 Å². The van der Waals surface area contributed by atoms with E-state index < -0.39 is 97.5 Å². The maximum atomic E-state index is 13.1. The number of ether oxygens (including phenoxy) is 4. The molecule has 0 aliphatic carbocycles. The van der Waals surface area contributed by atoms with Crippen LogP contribution in [0.4, 0.5) is 0 Å². The molecule has 0 fully saturated rings. The Labute approximate surface area is 592 Å². The summed E-state index contributed by atoms with van der Waals surface area (Å²) in [6, 6.07) is 0.